The fourth-order valence-electron chi connectivity index (χ4n) is 2.17. The van der Waals surface area contributed by atoms with Crippen molar-refractivity contribution in [2.75, 3.05) is 7.18 Å². The summed E-state index contributed by atoms with van der Waals surface area (Å²) < 4.78 is 9.50. The molecule has 111 valence electrons. The number of halogens is 1. The summed E-state index contributed by atoms with van der Waals surface area (Å²) in [6.45, 7) is 14.0. The van der Waals surface area contributed by atoms with Crippen LogP contribution in [-0.2, 0) is 20.4 Å². The van der Waals surface area contributed by atoms with Crippen molar-refractivity contribution >= 4 is 0 Å². The van der Waals surface area contributed by atoms with Gasteiger partial charge in [-0.05, 0) is 23.2 Å². The topological polar surface area (TPSA) is 0 Å². The van der Waals surface area contributed by atoms with Crippen LogP contribution in [0.4, 0.5) is 4.39 Å². The second-order valence-electron chi connectivity index (χ2n) is 7.02. The van der Waals surface area contributed by atoms with Gasteiger partial charge in [-0.15, -0.1) is 0 Å². The molecule has 1 aromatic carbocycles. The fourth-order valence-corrected chi connectivity index (χ4v) is 2.17. The van der Waals surface area contributed by atoms with E-state index in [0.29, 0.717) is 23.9 Å². The maximum absolute atomic E-state index is 9.50. The van der Waals surface area contributed by atoms with E-state index >= 15 is 0 Å². The zero-order chi connectivity index (χ0) is 14.4. The molecule has 0 bridgehead atoms. The van der Waals surface area contributed by atoms with Crippen LogP contribution < -0.4 is 0 Å². The summed E-state index contributed by atoms with van der Waals surface area (Å²) in [5.41, 5.74) is 2.13. The number of hydrogen-bond donors (Lipinski definition) is 0. The van der Waals surface area contributed by atoms with Crippen LogP contribution in [0, 0.1) is 16.9 Å². The van der Waals surface area contributed by atoms with Gasteiger partial charge in [-0.1, -0.05) is 41.5 Å². The first-order chi connectivity index (χ1) is 8.20. The summed E-state index contributed by atoms with van der Waals surface area (Å²) in [4.78, 5) is 0. The molecule has 1 radical (unpaired) electrons. The molecule has 0 saturated carbocycles. The predicted molar refractivity (Wildman–Crippen MR) is 78.6 cm³/mol. The smallest absolute Gasteiger partial charge is 0.0785 e. The third kappa shape index (κ3) is 8.56. The summed E-state index contributed by atoms with van der Waals surface area (Å²) in [6.07, 6.45) is 1.22. The van der Waals surface area contributed by atoms with Gasteiger partial charge in [0.15, 0.2) is 0 Å². The molecular formula is C17H28FRe-. The van der Waals surface area contributed by atoms with E-state index < -0.39 is 0 Å². The van der Waals surface area contributed by atoms with Gasteiger partial charge in [0, 0.05) is 20.4 Å². The van der Waals surface area contributed by atoms with E-state index in [1.807, 2.05) is 12.1 Å². The van der Waals surface area contributed by atoms with E-state index in [0.717, 1.165) is 0 Å². The van der Waals surface area contributed by atoms with E-state index in [9.17, 15) is 4.39 Å². The van der Waals surface area contributed by atoms with Gasteiger partial charge in [0.05, 0.1) is 7.18 Å². The molecule has 0 aliphatic rings. The second kappa shape index (κ2) is 8.88. The van der Waals surface area contributed by atoms with Gasteiger partial charge in [0.25, 0.3) is 0 Å². The summed E-state index contributed by atoms with van der Waals surface area (Å²) in [6, 6.07) is 11.6. The van der Waals surface area contributed by atoms with Crippen molar-refractivity contribution in [2.24, 2.45) is 10.8 Å². The maximum Gasteiger partial charge on any atom is 0.0785 e. The van der Waals surface area contributed by atoms with Crippen molar-refractivity contribution in [2.45, 2.75) is 53.9 Å². The zero-order valence-corrected chi connectivity index (χ0v) is 16.1. The van der Waals surface area contributed by atoms with E-state index in [1.165, 1.54) is 12.0 Å². The Morgan fingerprint density at radius 1 is 1.00 bits per heavy atom. The van der Waals surface area contributed by atoms with Crippen molar-refractivity contribution in [1.82, 2.24) is 0 Å². The molecule has 1 aromatic rings. The SMILES string of the molecule is CC(C)(C)CC(c1cc[c-]cc1)C(C)(C)C.CF.[Re]. The minimum absolute atomic E-state index is 0. The molecule has 19 heavy (non-hydrogen) atoms. The standard InChI is InChI=1S/C16H25.CH3F.Re/c1-15(2,3)12-14(16(4,5)6)13-10-8-7-9-11-13;1-2;/h8-11,14H,12H2,1-6H3;1H3;/q-1;;. The zero-order valence-electron chi connectivity index (χ0n) is 13.3. The van der Waals surface area contributed by atoms with Gasteiger partial charge in [-0.2, -0.15) is 35.9 Å². The van der Waals surface area contributed by atoms with Crippen molar-refractivity contribution in [3.05, 3.63) is 35.9 Å². The van der Waals surface area contributed by atoms with Crippen LogP contribution in [0.25, 0.3) is 0 Å². The van der Waals surface area contributed by atoms with Crippen LogP contribution in [0.1, 0.15) is 59.4 Å². The molecule has 0 heterocycles. The van der Waals surface area contributed by atoms with Crippen LogP contribution in [0.2, 0.25) is 0 Å². The quantitative estimate of drug-likeness (QED) is 0.526. The van der Waals surface area contributed by atoms with E-state index in [1.54, 1.807) is 0 Å². The molecule has 0 spiro atoms. The Balaban J connectivity index is 0. The van der Waals surface area contributed by atoms with Gasteiger partial charge in [0.2, 0.25) is 0 Å². The maximum atomic E-state index is 9.50. The van der Waals surface area contributed by atoms with E-state index in [4.69, 9.17) is 0 Å². The first kappa shape index (κ1) is 21.1. The molecule has 0 aromatic heterocycles. The Morgan fingerprint density at radius 2 is 1.42 bits per heavy atom. The van der Waals surface area contributed by atoms with Gasteiger partial charge in [0.1, 0.15) is 0 Å². The van der Waals surface area contributed by atoms with Crippen molar-refractivity contribution in [3.63, 3.8) is 0 Å². The van der Waals surface area contributed by atoms with Crippen LogP contribution in [-0.4, -0.2) is 7.18 Å². The Kier molecular flexibility index (Phi) is 9.87. The minimum Gasteiger partial charge on any atom is -0.255 e. The van der Waals surface area contributed by atoms with Gasteiger partial charge in [-0.3, -0.25) is 4.39 Å². The molecule has 0 N–H and O–H groups in total. The van der Waals surface area contributed by atoms with Crippen molar-refractivity contribution < 1.29 is 24.8 Å². The van der Waals surface area contributed by atoms with Crippen molar-refractivity contribution in [1.29, 1.82) is 0 Å². The normalized spacial score (nSPS) is 12.8. The van der Waals surface area contributed by atoms with Crippen LogP contribution >= 0.6 is 0 Å². The third-order valence-corrected chi connectivity index (χ3v) is 3.01. The Hall–Kier alpha value is -0.188. The molecule has 1 unspecified atom stereocenters. The number of rotatable bonds is 2. The molecule has 0 nitrogen and oxygen atoms in total. The summed E-state index contributed by atoms with van der Waals surface area (Å²) >= 11 is 0. The summed E-state index contributed by atoms with van der Waals surface area (Å²) in [5.74, 6) is 0.613. The summed E-state index contributed by atoms with van der Waals surface area (Å²) in [5, 5.41) is 0. The molecule has 0 aliphatic carbocycles. The monoisotopic (exact) mass is 438 g/mol. The fraction of sp³-hybridized carbons (Fsp3) is 0.647. The number of hydrogen-bond acceptors (Lipinski definition) is 0. The Labute approximate surface area is 132 Å². The molecule has 2 heteroatoms. The molecule has 0 saturated heterocycles. The van der Waals surface area contributed by atoms with E-state index in [-0.39, 0.29) is 20.4 Å². The van der Waals surface area contributed by atoms with Crippen molar-refractivity contribution in [3.8, 4) is 0 Å². The number of alkyl halides is 1. The first-order valence-electron chi connectivity index (χ1n) is 6.54. The van der Waals surface area contributed by atoms with Gasteiger partial charge in [-0.25, -0.2) is 0 Å². The average molecular weight is 438 g/mol. The molecule has 1 rings (SSSR count). The van der Waals surface area contributed by atoms with Gasteiger partial charge >= 0.3 is 0 Å². The molecule has 1 atom stereocenters. The largest absolute Gasteiger partial charge is 0.255 e. The minimum atomic E-state index is 0. The van der Waals surface area contributed by atoms with Crippen LogP contribution in [0.3, 0.4) is 0 Å². The molecular weight excluding hydrogens is 409 g/mol. The van der Waals surface area contributed by atoms with E-state index in [2.05, 4.69) is 59.7 Å². The van der Waals surface area contributed by atoms with Crippen LogP contribution in [0.5, 0.6) is 0 Å². The predicted octanol–water partition coefficient (Wildman–Crippen LogP) is 5.64. The molecule has 0 fully saturated rings. The molecule has 0 aliphatic heterocycles. The second-order valence-corrected chi connectivity index (χ2v) is 7.02. The Bertz CT molecular complexity index is 319. The summed E-state index contributed by atoms with van der Waals surface area (Å²) in [7, 11) is 0.500. The first-order valence-corrected chi connectivity index (χ1v) is 6.54. The average Bonchev–Trinajstić information content (AvgIpc) is 2.27. The number of benzene rings is 1. The molecule has 0 amide bonds. The van der Waals surface area contributed by atoms with Gasteiger partial charge < -0.3 is 0 Å². The third-order valence-electron chi connectivity index (χ3n) is 3.01. The Morgan fingerprint density at radius 3 is 1.74 bits per heavy atom. The van der Waals surface area contributed by atoms with Crippen LogP contribution in [0.15, 0.2) is 24.3 Å².